The fraction of sp³-hybridized carbons (Fsp3) is 0.625. The van der Waals surface area contributed by atoms with Gasteiger partial charge in [0.25, 0.3) is 0 Å². The SMILES string of the molecule is CCCCCC(NN)c1ccc(OCCCC)cc1. The van der Waals surface area contributed by atoms with Crippen molar-refractivity contribution in [2.45, 2.75) is 58.4 Å². The summed E-state index contributed by atoms with van der Waals surface area (Å²) < 4.78 is 5.66. The zero-order valence-corrected chi connectivity index (χ0v) is 12.3. The van der Waals surface area contributed by atoms with E-state index in [0.29, 0.717) is 0 Å². The minimum absolute atomic E-state index is 0.247. The number of ether oxygens (including phenoxy) is 1. The molecule has 0 spiro atoms. The van der Waals surface area contributed by atoms with Crippen molar-refractivity contribution in [3.8, 4) is 5.75 Å². The van der Waals surface area contributed by atoms with E-state index in [1.165, 1.54) is 24.8 Å². The zero-order chi connectivity index (χ0) is 13.9. The summed E-state index contributed by atoms with van der Waals surface area (Å²) in [7, 11) is 0. The Bertz CT molecular complexity index is 324. The second-order valence-electron chi connectivity index (χ2n) is 4.99. The Kier molecular flexibility index (Phi) is 8.26. The number of unbranched alkanes of at least 4 members (excludes halogenated alkanes) is 3. The Morgan fingerprint density at radius 3 is 2.32 bits per heavy atom. The van der Waals surface area contributed by atoms with Crippen LogP contribution in [0.5, 0.6) is 5.75 Å². The van der Waals surface area contributed by atoms with Crippen LogP contribution in [0.15, 0.2) is 24.3 Å². The van der Waals surface area contributed by atoms with Crippen LogP contribution in [0.1, 0.15) is 64.0 Å². The van der Waals surface area contributed by atoms with Gasteiger partial charge in [-0.25, -0.2) is 0 Å². The van der Waals surface area contributed by atoms with Crippen molar-refractivity contribution in [2.75, 3.05) is 6.61 Å². The summed E-state index contributed by atoms with van der Waals surface area (Å²) in [4.78, 5) is 0. The quantitative estimate of drug-likeness (QED) is 0.382. The van der Waals surface area contributed by atoms with Crippen LogP contribution >= 0.6 is 0 Å². The lowest BCUT2D eigenvalue weighted by molar-refractivity contribution is 0.309. The first kappa shape index (κ1) is 16.0. The van der Waals surface area contributed by atoms with Gasteiger partial charge in [-0.2, -0.15) is 0 Å². The summed E-state index contributed by atoms with van der Waals surface area (Å²) >= 11 is 0. The van der Waals surface area contributed by atoms with Crippen molar-refractivity contribution in [1.29, 1.82) is 0 Å². The molecule has 0 bridgehead atoms. The number of rotatable bonds is 10. The third kappa shape index (κ3) is 6.08. The highest BCUT2D eigenvalue weighted by atomic mass is 16.5. The van der Waals surface area contributed by atoms with Crippen LogP contribution in [0.25, 0.3) is 0 Å². The maximum Gasteiger partial charge on any atom is 0.119 e. The molecule has 1 rings (SSSR count). The number of hydrogen-bond acceptors (Lipinski definition) is 3. The molecule has 0 heterocycles. The molecule has 3 N–H and O–H groups in total. The fourth-order valence-corrected chi connectivity index (χ4v) is 2.08. The molecule has 3 heteroatoms. The number of nitrogens with one attached hydrogen (secondary N) is 1. The van der Waals surface area contributed by atoms with E-state index >= 15 is 0 Å². The number of benzene rings is 1. The molecule has 19 heavy (non-hydrogen) atoms. The van der Waals surface area contributed by atoms with E-state index in [9.17, 15) is 0 Å². The predicted molar refractivity (Wildman–Crippen MR) is 81.1 cm³/mol. The minimum atomic E-state index is 0.247. The number of hydrogen-bond donors (Lipinski definition) is 2. The van der Waals surface area contributed by atoms with Gasteiger partial charge in [-0.3, -0.25) is 11.3 Å². The van der Waals surface area contributed by atoms with Crippen LogP contribution in [-0.4, -0.2) is 6.61 Å². The number of hydrazine groups is 1. The largest absolute Gasteiger partial charge is 0.494 e. The van der Waals surface area contributed by atoms with Crippen molar-refractivity contribution in [3.63, 3.8) is 0 Å². The van der Waals surface area contributed by atoms with Crippen LogP contribution in [0.4, 0.5) is 0 Å². The van der Waals surface area contributed by atoms with Crippen LogP contribution in [0, 0.1) is 0 Å². The van der Waals surface area contributed by atoms with Gasteiger partial charge in [0, 0.05) is 6.04 Å². The van der Waals surface area contributed by atoms with Gasteiger partial charge in [-0.15, -0.1) is 0 Å². The van der Waals surface area contributed by atoms with Crippen LogP contribution in [0.3, 0.4) is 0 Å². The standard InChI is InChI=1S/C16H28N2O/c1-3-5-7-8-16(18-17)14-9-11-15(12-10-14)19-13-6-4-2/h9-12,16,18H,3-8,13,17H2,1-2H3. The van der Waals surface area contributed by atoms with Gasteiger partial charge >= 0.3 is 0 Å². The molecule has 0 amide bonds. The Labute approximate surface area is 117 Å². The average Bonchev–Trinajstić information content (AvgIpc) is 2.45. The molecule has 0 aliphatic heterocycles. The van der Waals surface area contributed by atoms with Crippen LogP contribution in [-0.2, 0) is 0 Å². The van der Waals surface area contributed by atoms with Gasteiger partial charge in [-0.05, 0) is 30.5 Å². The molecule has 3 nitrogen and oxygen atoms in total. The third-order valence-electron chi connectivity index (χ3n) is 3.35. The lowest BCUT2D eigenvalue weighted by Gasteiger charge is -2.16. The van der Waals surface area contributed by atoms with Crippen LogP contribution in [0.2, 0.25) is 0 Å². The summed E-state index contributed by atoms with van der Waals surface area (Å²) in [6, 6.07) is 8.54. The van der Waals surface area contributed by atoms with Gasteiger partial charge in [0.2, 0.25) is 0 Å². The van der Waals surface area contributed by atoms with E-state index in [4.69, 9.17) is 10.6 Å². The van der Waals surface area contributed by atoms with Crippen molar-refractivity contribution < 1.29 is 4.74 Å². The summed E-state index contributed by atoms with van der Waals surface area (Å²) in [5.74, 6) is 6.59. The fourth-order valence-electron chi connectivity index (χ4n) is 2.08. The molecule has 1 unspecified atom stereocenters. The average molecular weight is 264 g/mol. The topological polar surface area (TPSA) is 47.3 Å². The van der Waals surface area contributed by atoms with E-state index in [-0.39, 0.29) is 6.04 Å². The second kappa shape index (κ2) is 9.82. The summed E-state index contributed by atoms with van der Waals surface area (Å²) in [6.45, 7) is 5.18. The highest BCUT2D eigenvalue weighted by Gasteiger charge is 2.08. The molecule has 1 aromatic rings. The Balaban J connectivity index is 2.47. The monoisotopic (exact) mass is 264 g/mol. The van der Waals surface area contributed by atoms with Crippen molar-refractivity contribution in [1.82, 2.24) is 5.43 Å². The van der Waals surface area contributed by atoms with Gasteiger partial charge in [-0.1, -0.05) is 51.7 Å². The lowest BCUT2D eigenvalue weighted by Crippen LogP contribution is -2.27. The molecule has 1 atom stereocenters. The maximum atomic E-state index is 5.66. The highest BCUT2D eigenvalue weighted by molar-refractivity contribution is 5.29. The van der Waals surface area contributed by atoms with E-state index in [1.54, 1.807) is 0 Å². The molecular formula is C16H28N2O. The Morgan fingerprint density at radius 2 is 1.74 bits per heavy atom. The first-order valence-corrected chi connectivity index (χ1v) is 7.50. The van der Waals surface area contributed by atoms with Gasteiger partial charge in [0.05, 0.1) is 6.61 Å². The molecule has 1 aromatic carbocycles. The molecule has 108 valence electrons. The predicted octanol–water partition coefficient (Wildman–Crippen LogP) is 3.95. The molecule has 0 aromatic heterocycles. The van der Waals surface area contributed by atoms with Crippen molar-refractivity contribution in [2.24, 2.45) is 5.84 Å². The molecule has 0 aliphatic rings. The third-order valence-corrected chi connectivity index (χ3v) is 3.35. The minimum Gasteiger partial charge on any atom is -0.494 e. The maximum absolute atomic E-state index is 5.66. The smallest absolute Gasteiger partial charge is 0.119 e. The molecule has 0 aliphatic carbocycles. The summed E-state index contributed by atoms with van der Waals surface area (Å²) in [6.07, 6.45) is 7.05. The number of nitrogens with two attached hydrogens (primary N) is 1. The molecule has 0 saturated carbocycles. The van der Waals surface area contributed by atoms with E-state index in [2.05, 4.69) is 31.4 Å². The van der Waals surface area contributed by atoms with E-state index < -0.39 is 0 Å². The van der Waals surface area contributed by atoms with Crippen LogP contribution < -0.4 is 16.0 Å². The van der Waals surface area contributed by atoms with Crippen molar-refractivity contribution in [3.05, 3.63) is 29.8 Å². The molecule has 0 saturated heterocycles. The molecule has 0 radical (unpaired) electrons. The second-order valence-corrected chi connectivity index (χ2v) is 4.99. The summed E-state index contributed by atoms with van der Waals surface area (Å²) in [5, 5.41) is 0. The first-order valence-electron chi connectivity index (χ1n) is 7.50. The van der Waals surface area contributed by atoms with E-state index in [0.717, 1.165) is 31.6 Å². The van der Waals surface area contributed by atoms with Crippen molar-refractivity contribution >= 4 is 0 Å². The Morgan fingerprint density at radius 1 is 1.05 bits per heavy atom. The molecular weight excluding hydrogens is 236 g/mol. The lowest BCUT2D eigenvalue weighted by atomic mass is 10.0. The first-order chi connectivity index (χ1) is 9.31. The Hall–Kier alpha value is -1.06. The highest BCUT2D eigenvalue weighted by Crippen LogP contribution is 2.22. The van der Waals surface area contributed by atoms with E-state index in [1.807, 2.05) is 12.1 Å². The molecule has 0 fully saturated rings. The zero-order valence-electron chi connectivity index (χ0n) is 12.3. The normalized spacial score (nSPS) is 12.4. The van der Waals surface area contributed by atoms with Gasteiger partial charge < -0.3 is 4.74 Å². The summed E-state index contributed by atoms with van der Waals surface area (Å²) in [5.41, 5.74) is 4.15. The van der Waals surface area contributed by atoms with Gasteiger partial charge in [0.15, 0.2) is 0 Å². The van der Waals surface area contributed by atoms with Gasteiger partial charge in [0.1, 0.15) is 5.75 Å².